The summed E-state index contributed by atoms with van der Waals surface area (Å²) in [6.45, 7) is 2.54. The Morgan fingerprint density at radius 2 is 2.40 bits per heavy atom. The summed E-state index contributed by atoms with van der Waals surface area (Å²) in [4.78, 5) is 4.17. The molecule has 1 rings (SSSR count). The van der Waals surface area contributed by atoms with Gasteiger partial charge in [0.1, 0.15) is 0 Å². The number of hydrogen-bond acceptors (Lipinski definition) is 4. The lowest BCUT2D eigenvalue weighted by atomic mass is 10.1. The highest BCUT2D eigenvalue weighted by molar-refractivity contribution is 5.96. The number of methoxy groups -OCH3 is 1. The van der Waals surface area contributed by atoms with Gasteiger partial charge in [-0.05, 0) is 25.0 Å². The molecule has 1 aromatic rings. The average molecular weight is 209 g/mol. The molecule has 0 aliphatic rings. The lowest BCUT2D eigenvalue weighted by Gasteiger charge is -2.06. The van der Waals surface area contributed by atoms with Gasteiger partial charge in [0.2, 0.25) is 0 Å². The molecule has 0 amide bonds. The molecular weight excluding hydrogens is 194 g/mol. The van der Waals surface area contributed by atoms with E-state index in [2.05, 4.69) is 10.1 Å². The Labute approximate surface area is 88.6 Å². The molecule has 15 heavy (non-hydrogen) atoms. The van der Waals surface area contributed by atoms with Crippen LogP contribution in [0, 0.1) is 6.92 Å². The van der Waals surface area contributed by atoms with Gasteiger partial charge in [-0.2, -0.15) is 0 Å². The zero-order valence-corrected chi connectivity index (χ0v) is 8.90. The molecule has 1 heterocycles. The van der Waals surface area contributed by atoms with Crippen molar-refractivity contribution < 1.29 is 9.94 Å². The van der Waals surface area contributed by atoms with Gasteiger partial charge in [-0.25, -0.2) is 0 Å². The first-order chi connectivity index (χ1) is 7.19. The number of pyridine rings is 1. The molecule has 0 spiro atoms. The minimum atomic E-state index is 0.0705. The summed E-state index contributed by atoms with van der Waals surface area (Å²) in [5.41, 5.74) is 8.06. The monoisotopic (exact) mass is 209 g/mol. The van der Waals surface area contributed by atoms with Gasteiger partial charge in [-0.15, -0.1) is 0 Å². The number of aryl methyl sites for hydroxylation is 1. The van der Waals surface area contributed by atoms with Crippen molar-refractivity contribution in [1.82, 2.24) is 4.98 Å². The zero-order chi connectivity index (χ0) is 11.3. The van der Waals surface area contributed by atoms with Crippen LogP contribution in [-0.4, -0.2) is 29.7 Å². The van der Waals surface area contributed by atoms with Gasteiger partial charge in [0.15, 0.2) is 5.84 Å². The van der Waals surface area contributed by atoms with Crippen LogP contribution in [0.4, 0.5) is 0 Å². The zero-order valence-electron chi connectivity index (χ0n) is 8.90. The summed E-state index contributed by atoms with van der Waals surface area (Å²) in [7, 11) is 1.65. The molecule has 0 aromatic carbocycles. The Bertz CT molecular complexity index is 364. The SMILES string of the molecule is COCCc1cc(C(N)=NO)cnc1C. The van der Waals surface area contributed by atoms with Crippen LogP contribution < -0.4 is 5.73 Å². The normalized spacial score (nSPS) is 11.7. The maximum atomic E-state index is 8.53. The summed E-state index contributed by atoms with van der Waals surface area (Å²) >= 11 is 0. The van der Waals surface area contributed by atoms with Crippen LogP contribution in [-0.2, 0) is 11.2 Å². The number of amidine groups is 1. The number of rotatable bonds is 4. The number of ether oxygens (including phenoxy) is 1. The number of nitrogens with zero attached hydrogens (tertiary/aromatic N) is 2. The van der Waals surface area contributed by atoms with E-state index in [1.807, 2.05) is 13.0 Å². The number of nitrogens with two attached hydrogens (primary N) is 1. The van der Waals surface area contributed by atoms with Gasteiger partial charge in [0, 0.05) is 24.6 Å². The lowest BCUT2D eigenvalue weighted by molar-refractivity contribution is 0.202. The first kappa shape index (κ1) is 11.5. The number of hydrogen-bond donors (Lipinski definition) is 2. The molecule has 3 N–H and O–H groups in total. The Morgan fingerprint density at radius 1 is 1.67 bits per heavy atom. The predicted molar refractivity (Wildman–Crippen MR) is 57.1 cm³/mol. The van der Waals surface area contributed by atoms with Crippen LogP contribution in [0.2, 0.25) is 0 Å². The van der Waals surface area contributed by atoms with E-state index in [-0.39, 0.29) is 5.84 Å². The van der Waals surface area contributed by atoms with E-state index in [0.717, 1.165) is 17.7 Å². The van der Waals surface area contributed by atoms with Gasteiger partial charge >= 0.3 is 0 Å². The maximum absolute atomic E-state index is 8.53. The summed E-state index contributed by atoms with van der Waals surface area (Å²) in [5, 5.41) is 11.5. The average Bonchev–Trinajstić information content (AvgIpc) is 2.27. The van der Waals surface area contributed by atoms with Gasteiger partial charge in [-0.1, -0.05) is 5.16 Å². The summed E-state index contributed by atoms with van der Waals surface area (Å²) in [6.07, 6.45) is 2.35. The fourth-order valence-corrected chi connectivity index (χ4v) is 1.24. The third-order valence-electron chi connectivity index (χ3n) is 2.17. The van der Waals surface area contributed by atoms with Crippen LogP contribution in [0.25, 0.3) is 0 Å². The molecule has 0 aliphatic carbocycles. The van der Waals surface area contributed by atoms with Crippen molar-refractivity contribution in [2.24, 2.45) is 10.9 Å². The Morgan fingerprint density at radius 3 is 3.00 bits per heavy atom. The molecule has 0 saturated carbocycles. The van der Waals surface area contributed by atoms with Crippen molar-refractivity contribution in [2.75, 3.05) is 13.7 Å². The van der Waals surface area contributed by atoms with Gasteiger partial charge < -0.3 is 15.7 Å². The Balaban J connectivity index is 2.94. The standard InChI is InChI=1S/C10H15N3O2/c1-7-8(3-4-15-2)5-9(6-12-7)10(11)13-14/h5-6,14H,3-4H2,1-2H3,(H2,11,13). The highest BCUT2D eigenvalue weighted by atomic mass is 16.5. The molecule has 0 unspecified atom stereocenters. The van der Waals surface area contributed by atoms with E-state index in [9.17, 15) is 0 Å². The van der Waals surface area contributed by atoms with E-state index in [0.29, 0.717) is 12.2 Å². The quantitative estimate of drug-likeness (QED) is 0.330. The first-order valence-corrected chi connectivity index (χ1v) is 4.61. The number of aromatic nitrogens is 1. The van der Waals surface area contributed by atoms with Crippen molar-refractivity contribution in [3.63, 3.8) is 0 Å². The van der Waals surface area contributed by atoms with Crippen molar-refractivity contribution in [3.8, 4) is 0 Å². The van der Waals surface area contributed by atoms with Crippen molar-refractivity contribution in [2.45, 2.75) is 13.3 Å². The molecule has 5 nitrogen and oxygen atoms in total. The largest absolute Gasteiger partial charge is 0.409 e. The molecule has 0 atom stereocenters. The van der Waals surface area contributed by atoms with Gasteiger partial charge in [0.25, 0.3) is 0 Å². The molecule has 0 fully saturated rings. The summed E-state index contributed by atoms with van der Waals surface area (Å²) in [5.74, 6) is 0.0705. The highest BCUT2D eigenvalue weighted by Crippen LogP contribution is 2.09. The second-order valence-corrected chi connectivity index (χ2v) is 3.20. The molecule has 0 bridgehead atoms. The Hall–Kier alpha value is -1.62. The highest BCUT2D eigenvalue weighted by Gasteiger charge is 2.04. The molecule has 0 radical (unpaired) electrons. The molecule has 5 heteroatoms. The molecule has 0 saturated heterocycles. The van der Waals surface area contributed by atoms with Crippen LogP contribution >= 0.6 is 0 Å². The fourth-order valence-electron chi connectivity index (χ4n) is 1.24. The van der Waals surface area contributed by atoms with Gasteiger partial charge in [-0.3, -0.25) is 4.98 Å². The predicted octanol–water partition coefficient (Wildman–Crippen LogP) is 0.673. The van der Waals surface area contributed by atoms with Crippen molar-refractivity contribution in [3.05, 3.63) is 29.1 Å². The van der Waals surface area contributed by atoms with Crippen LogP contribution in [0.5, 0.6) is 0 Å². The second kappa shape index (κ2) is 5.31. The molecular formula is C10H15N3O2. The smallest absolute Gasteiger partial charge is 0.171 e. The molecule has 0 aliphatic heterocycles. The number of oxime groups is 1. The van der Waals surface area contributed by atoms with E-state index in [1.165, 1.54) is 0 Å². The van der Waals surface area contributed by atoms with E-state index >= 15 is 0 Å². The minimum Gasteiger partial charge on any atom is -0.409 e. The third-order valence-corrected chi connectivity index (χ3v) is 2.17. The van der Waals surface area contributed by atoms with Crippen LogP contribution in [0.1, 0.15) is 16.8 Å². The maximum Gasteiger partial charge on any atom is 0.171 e. The topological polar surface area (TPSA) is 80.7 Å². The van der Waals surface area contributed by atoms with Crippen molar-refractivity contribution >= 4 is 5.84 Å². The third kappa shape index (κ3) is 2.92. The van der Waals surface area contributed by atoms with E-state index in [1.54, 1.807) is 13.3 Å². The van der Waals surface area contributed by atoms with E-state index < -0.39 is 0 Å². The first-order valence-electron chi connectivity index (χ1n) is 4.61. The summed E-state index contributed by atoms with van der Waals surface area (Å²) in [6, 6.07) is 1.86. The lowest BCUT2D eigenvalue weighted by Crippen LogP contribution is -2.14. The fraction of sp³-hybridized carbons (Fsp3) is 0.400. The van der Waals surface area contributed by atoms with Gasteiger partial charge in [0.05, 0.1) is 6.61 Å². The molecule has 1 aromatic heterocycles. The van der Waals surface area contributed by atoms with Crippen LogP contribution in [0.3, 0.4) is 0 Å². The van der Waals surface area contributed by atoms with Crippen molar-refractivity contribution in [1.29, 1.82) is 0 Å². The van der Waals surface area contributed by atoms with Crippen LogP contribution in [0.15, 0.2) is 17.4 Å². The minimum absolute atomic E-state index is 0.0705. The molecule has 82 valence electrons. The summed E-state index contributed by atoms with van der Waals surface area (Å²) < 4.78 is 4.99. The van der Waals surface area contributed by atoms with E-state index in [4.69, 9.17) is 15.7 Å². The second-order valence-electron chi connectivity index (χ2n) is 3.20. The Kier molecular flexibility index (Phi) is 4.05.